The van der Waals surface area contributed by atoms with Crippen molar-refractivity contribution in [1.29, 1.82) is 0 Å². The van der Waals surface area contributed by atoms with Gasteiger partial charge in [-0.1, -0.05) is 11.6 Å². The van der Waals surface area contributed by atoms with E-state index in [1.807, 2.05) is 0 Å². The van der Waals surface area contributed by atoms with Crippen LogP contribution in [0.5, 0.6) is 0 Å². The minimum atomic E-state index is -4.95. The predicted molar refractivity (Wildman–Crippen MR) is 41.2 cm³/mol. The first-order valence-electron chi connectivity index (χ1n) is 4.44. The maximum absolute atomic E-state index is 12.5. The minimum Gasteiger partial charge on any atom is -0.368 e. The molecule has 0 aliphatic carbocycles. The van der Waals surface area contributed by atoms with E-state index in [9.17, 15) is 13.2 Å². The van der Waals surface area contributed by atoms with Crippen LogP contribution in [0.3, 0.4) is 0 Å². The van der Waals surface area contributed by atoms with Crippen molar-refractivity contribution in [1.82, 2.24) is 9.97 Å². The third kappa shape index (κ3) is 2.00. The van der Waals surface area contributed by atoms with E-state index in [1.165, 1.54) is 0 Å². The largest absolute Gasteiger partial charge is 0.433 e. The quantitative estimate of drug-likeness (QED) is 0.673. The van der Waals surface area contributed by atoms with Gasteiger partial charge in [0, 0.05) is 9.68 Å². The standard InChI is InChI=1S/C6H5ClF3N3/c1-2-3(6(8,9)10)12-5(11)13-4(2)7/h1H3,(H2,11,12,13)/i1D3. The van der Waals surface area contributed by atoms with Crippen LogP contribution < -0.4 is 5.73 Å². The van der Waals surface area contributed by atoms with Crippen LogP contribution in [0.25, 0.3) is 0 Å². The van der Waals surface area contributed by atoms with Gasteiger partial charge in [0.25, 0.3) is 0 Å². The fourth-order valence-corrected chi connectivity index (χ4v) is 0.831. The summed E-state index contributed by atoms with van der Waals surface area (Å²) in [6, 6.07) is 0. The van der Waals surface area contributed by atoms with Crippen molar-refractivity contribution in [2.45, 2.75) is 13.0 Å². The molecule has 1 rings (SSSR count). The topological polar surface area (TPSA) is 51.8 Å². The molecular formula is C6H5ClF3N3. The van der Waals surface area contributed by atoms with Gasteiger partial charge in [-0.3, -0.25) is 0 Å². The van der Waals surface area contributed by atoms with E-state index in [1.54, 1.807) is 0 Å². The van der Waals surface area contributed by atoms with Gasteiger partial charge in [0.2, 0.25) is 5.95 Å². The summed E-state index contributed by atoms with van der Waals surface area (Å²) in [4.78, 5) is 6.06. The maximum Gasteiger partial charge on any atom is 0.433 e. The van der Waals surface area contributed by atoms with Gasteiger partial charge in [0.1, 0.15) is 5.15 Å². The number of anilines is 1. The first kappa shape index (κ1) is 6.42. The molecule has 0 atom stereocenters. The van der Waals surface area contributed by atoms with Crippen molar-refractivity contribution in [2.75, 3.05) is 5.73 Å². The first-order valence-corrected chi connectivity index (χ1v) is 3.32. The van der Waals surface area contributed by atoms with Crippen LogP contribution in [0.1, 0.15) is 15.4 Å². The second kappa shape index (κ2) is 3.02. The summed E-state index contributed by atoms with van der Waals surface area (Å²) in [6.07, 6.45) is -4.95. The monoisotopic (exact) mass is 214 g/mol. The molecule has 0 spiro atoms. The molecule has 1 aromatic heterocycles. The number of hydrogen-bond acceptors (Lipinski definition) is 3. The number of aromatic nitrogens is 2. The minimum absolute atomic E-state index is 0.731. The Balaban J connectivity index is 3.58. The average Bonchev–Trinajstić information content (AvgIpc) is 1.97. The van der Waals surface area contributed by atoms with E-state index in [0.717, 1.165) is 0 Å². The Bertz CT molecular complexity index is 418. The number of nitrogens with two attached hydrogens (primary N) is 1. The molecule has 7 heteroatoms. The Morgan fingerprint density at radius 2 is 2.08 bits per heavy atom. The second-order valence-electron chi connectivity index (χ2n) is 2.09. The molecule has 0 aliphatic rings. The lowest BCUT2D eigenvalue weighted by Crippen LogP contribution is -2.13. The molecule has 0 aromatic carbocycles. The van der Waals surface area contributed by atoms with Gasteiger partial charge in [0.05, 0.1) is 0 Å². The Hall–Kier alpha value is -1.04. The summed E-state index contributed by atoms with van der Waals surface area (Å²) >= 11 is 5.33. The zero-order valence-corrected chi connectivity index (χ0v) is 6.74. The maximum atomic E-state index is 12.5. The second-order valence-corrected chi connectivity index (χ2v) is 2.45. The number of halogens is 4. The summed E-state index contributed by atoms with van der Waals surface area (Å²) in [6.45, 7) is -3.06. The van der Waals surface area contributed by atoms with Crippen molar-refractivity contribution in [3.05, 3.63) is 16.4 Å². The highest BCUT2D eigenvalue weighted by Gasteiger charge is 2.35. The normalized spacial score (nSPS) is 16.2. The van der Waals surface area contributed by atoms with Crippen LogP contribution in [0.4, 0.5) is 19.1 Å². The summed E-state index contributed by atoms with van der Waals surface area (Å²) in [5.41, 5.74) is 2.20. The summed E-state index contributed by atoms with van der Waals surface area (Å²) in [5, 5.41) is -0.820. The van der Waals surface area contributed by atoms with Crippen LogP contribution in [-0.4, -0.2) is 9.97 Å². The molecule has 0 saturated heterocycles. The zero-order valence-electron chi connectivity index (χ0n) is 8.98. The SMILES string of the molecule is [2H]C([2H])([2H])c1c(Cl)nc(N)nc1C(F)(F)F. The fraction of sp³-hybridized carbons (Fsp3) is 0.333. The van der Waals surface area contributed by atoms with E-state index in [0.29, 0.717) is 0 Å². The van der Waals surface area contributed by atoms with E-state index in [-0.39, 0.29) is 0 Å². The summed E-state index contributed by atoms with van der Waals surface area (Å²) in [7, 11) is 0. The molecule has 13 heavy (non-hydrogen) atoms. The molecule has 0 saturated carbocycles. The molecule has 2 N–H and O–H groups in total. The lowest BCUT2D eigenvalue weighted by atomic mass is 10.2. The van der Waals surface area contributed by atoms with Crippen LogP contribution in [0.15, 0.2) is 0 Å². The molecule has 0 amide bonds. The molecule has 72 valence electrons. The van der Waals surface area contributed by atoms with Crippen LogP contribution >= 0.6 is 11.6 Å². The number of hydrogen-bond donors (Lipinski definition) is 1. The van der Waals surface area contributed by atoms with Gasteiger partial charge in [-0.2, -0.15) is 13.2 Å². The van der Waals surface area contributed by atoms with Crippen LogP contribution in [-0.2, 0) is 6.18 Å². The summed E-state index contributed by atoms with van der Waals surface area (Å²) in [5.74, 6) is -0.731. The molecule has 0 unspecified atom stereocenters. The number of rotatable bonds is 0. The summed E-state index contributed by atoms with van der Waals surface area (Å²) < 4.78 is 58.3. The highest BCUT2D eigenvalue weighted by molar-refractivity contribution is 6.30. The van der Waals surface area contributed by atoms with Crippen molar-refractivity contribution >= 4 is 17.5 Å². The third-order valence-electron chi connectivity index (χ3n) is 1.15. The Morgan fingerprint density at radius 3 is 2.54 bits per heavy atom. The highest BCUT2D eigenvalue weighted by atomic mass is 35.5. The Labute approximate surface area is 81.0 Å². The van der Waals surface area contributed by atoms with Gasteiger partial charge in [-0.25, -0.2) is 9.97 Å². The highest BCUT2D eigenvalue weighted by Crippen LogP contribution is 2.32. The molecule has 3 nitrogen and oxygen atoms in total. The van der Waals surface area contributed by atoms with Crippen molar-refractivity contribution < 1.29 is 17.3 Å². The van der Waals surface area contributed by atoms with Crippen LogP contribution in [0.2, 0.25) is 5.15 Å². The smallest absolute Gasteiger partial charge is 0.368 e. The van der Waals surface area contributed by atoms with E-state index in [4.69, 9.17) is 21.4 Å². The lowest BCUT2D eigenvalue weighted by molar-refractivity contribution is -0.141. The van der Waals surface area contributed by atoms with Gasteiger partial charge < -0.3 is 5.73 Å². The molecule has 1 aromatic rings. The Morgan fingerprint density at radius 1 is 1.46 bits per heavy atom. The number of alkyl halides is 3. The van der Waals surface area contributed by atoms with E-state index >= 15 is 0 Å². The zero-order chi connectivity index (χ0) is 12.7. The molecular weight excluding hydrogens is 207 g/mol. The van der Waals surface area contributed by atoms with E-state index < -0.39 is 35.4 Å². The average molecular weight is 215 g/mol. The number of nitrogens with zero attached hydrogens (tertiary/aromatic N) is 2. The molecule has 1 heterocycles. The third-order valence-corrected chi connectivity index (χ3v) is 1.42. The van der Waals surface area contributed by atoms with Crippen molar-refractivity contribution in [2.24, 2.45) is 0 Å². The van der Waals surface area contributed by atoms with Crippen LogP contribution in [0, 0.1) is 6.85 Å². The Kier molecular flexibility index (Phi) is 1.49. The van der Waals surface area contributed by atoms with E-state index in [2.05, 4.69) is 9.97 Å². The van der Waals surface area contributed by atoms with Gasteiger partial charge in [0.15, 0.2) is 5.69 Å². The molecule has 0 aliphatic heterocycles. The lowest BCUT2D eigenvalue weighted by Gasteiger charge is -2.09. The van der Waals surface area contributed by atoms with Crippen molar-refractivity contribution in [3.8, 4) is 0 Å². The predicted octanol–water partition coefficient (Wildman–Crippen LogP) is 2.04. The first-order chi connectivity index (χ1) is 7.03. The van der Waals surface area contributed by atoms with Gasteiger partial charge >= 0.3 is 6.18 Å². The molecule has 0 radical (unpaired) electrons. The number of nitrogen functional groups attached to an aromatic ring is 1. The van der Waals surface area contributed by atoms with Gasteiger partial charge in [-0.05, 0) is 6.85 Å². The van der Waals surface area contributed by atoms with Gasteiger partial charge in [-0.15, -0.1) is 0 Å². The molecule has 0 bridgehead atoms. The molecule has 0 fully saturated rings. The van der Waals surface area contributed by atoms with Crippen molar-refractivity contribution in [3.63, 3.8) is 0 Å². The fourth-order valence-electron chi connectivity index (χ4n) is 0.655.